The SMILES string of the molecule is CCOC(=O)C1CCN(C(=O)[C@H](C)Sc2nc(C)c(C)c(C)n2)CC1. The first-order valence-electron chi connectivity index (χ1n) is 8.77. The second-order valence-electron chi connectivity index (χ2n) is 6.41. The first-order valence-corrected chi connectivity index (χ1v) is 9.65. The molecule has 0 saturated carbocycles. The summed E-state index contributed by atoms with van der Waals surface area (Å²) in [7, 11) is 0. The predicted molar refractivity (Wildman–Crippen MR) is 97.5 cm³/mol. The van der Waals surface area contributed by atoms with Crippen molar-refractivity contribution in [1.29, 1.82) is 0 Å². The highest BCUT2D eigenvalue weighted by Crippen LogP contribution is 2.25. The van der Waals surface area contributed by atoms with Crippen molar-refractivity contribution in [3.8, 4) is 0 Å². The summed E-state index contributed by atoms with van der Waals surface area (Å²) in [5.41, 5.74) is 2.99. The van der Waals surface area contributed by atoms with Crippen LogP contribution in [0.1, 0.15) is 43.6 Å². The Labute approximate surface area is 153 Å². The maximum atomic E-state index is 12.7. The third-order valence-corrected chi connectivity index (χ3v) is 5.62. The quantitative estimate of drug-likeness (QED) is 0.454. The summed E-state index contributed by atoms with van der Waals surface area (Å²) in [6.45, 7) is 11.2. The Balaban J connectivity index is 1.92. The van der Waals surface area contributed by atoms with E-state index >= 15 is 0 Å². The van der Waals surface area contributed by atoms with Gasteiger partial charge in [-0.3, -0.25) is 9.59 Å². The number of piperidine rings is 1. The number of hydrogen-bond acceptors (Lipinski definition) is 6. The van der Waals surface area contributed by atoms with Gasteiger partial charge in [0, 0.05) is 24.5 Å². The van der Waals surface area contributed by atoms with Gasteiger partial charge < -0.3 is 9.64 Å². The lowest BCUT2D eigenvalue weighted by atomic mass is 9.97. The van der Waals surface area contributed by atoms with Crippen LogP contribution in [0.25, 0.3) is 0 Å². The van der Waals surface area contributed by atoms with Crippen molar-refractivity contribution in [2.45, 2.75) is 57.9 Å². The Morgan fingerprint density at radius 2 is 1.76 bits per heavy atom. The zero-order valence-corrected chi connectivity index (χ0v) is 16.5. The van der Waals surface area contributed by atoms with Crippen molar-refractivity contribution in [2.75, 3.05) is 19.7 Å². The van der Waals surface area contributed by atoms with E-state index in [0.717, 1.165) is 17.0 Å². The number of amides is 1. The van der Waals surface area contributed by atoms with E-state index in [1.807, 2.05) is 39.5 Å². The lowest BCUT2D eigenvalue weighted by molar-refractivity contribution is -0.151. The molecular weight excluding hydrogens is 338 g/mol. The molecule has 0 aromatic carbocycles. The Kier molecular flexibility index (Phi) is 6.81. The molecule has 1 aliphatic rings. The Morgan fingerprint density at radius 3 is 2.28 bits per heavy atom. The number of carbonyl (C=O) groups is 2. The van der Waals surface area contributed by atoms with Gasteiger partial charge in [-0.1, -0.05) is 11.8 Å². The van der Waals surface area contributed by atoms with Crippen molar-refractivity contribution in [1.82, 2.24) is 14.9 Å². The Morgan fingerprint density at radius 1 is 1.20 bits per heavy atom. The minimum Gasteiger partial charge on any atom is -0.466 e. The van der Waals surface area contributed by atoms with E-state index in [9.17, 15) is 9.59 Å². The average molecular weight is 365 g/mol. The van der Waals surface area contributed by atoms with Gasteiger partial charge in [0.25, 0.3) is 0 Å². The highest BCUT2D eigenvalue weighted by Gasteiger charge is 2.30. The monoisotopic (exact) mass is 365 g/mol. The Hall–Kier alpha value is -1.63. The summed E-state index contributed by atoms with van der Waals surface area (Å²) in [6, 6.07) is 0. The summed E-state index contributed by atoms with van der Waals surface area (Å²) >= 11 is 1.39. The van der Waals surface area contributed by atoms with E-state index in [-0.39, 0.29) is 23.0 Å². The lowest BCUT2D eigenvalue weighted by Crippen LogP contribution is -2.43. The third kappa shape index (κ3) is 4.93. The van der Waals surface area contributed by atoms with Gasteiger partial charge in [0.1, 0.15) is 0 Å². The molecule has 2 rings (SSSR count). The van der Waals surface area contributed by atoms with Gasteiger partial charge in [-0.2, -0.15) is 0 Å². The molecule has 0 unspecified atom stereocenters. The van der Waals surface area contributed by atoms with Crippen molar-refractivity contribution in [3.05, 3.63) is 17.0 Å². The summed E-state index contributed by atoms with van der Waals surface area (Å²) in [6.07, 6.45) is 1.34. The molecule has 0 radical (unpaired) electrons. The van der Waals surface area contributed by atoms with Crippen molar-refractivity contribution < 1.29 is 14.3 Å². The molecule has 0 aliphatic carbocycles. The molecule has 0 spiro atoms. The zero-order chi connectivity index (χ0) is 18.6. The summed E-state index contributed by atoms with van der Waals surface area (Å²) in [5, 5.41) is 0.392. The van der Waals surface area contributed by atoms with E-state index < -0.39 is 0 Å². The fourth-order valence-electron chi connectivity index (χ4n) is 2.86. The lowest BCUT2D eigenvalue weighted by Gasteiger charge is -2.32. The van der Waals surface area contributed by atoms with Crippen LogP contribution in [0.3, 0.4) is 0 Å². The smallest absolute Gasteiger partial charge is 0.309 e. The molecule has 1 atom stereocenters. The zero-order valence-electron chi connectivity index (χ0n) is 15.7. The van der Waals surface area contributed by atoms with Crippen LogP contribution in [0.4, 0.5) is 0 Å². The second kappa shape index (κ2) is 8.65. The van der Waals surface area contributed by atoms with Crippen LogP contribution < -0.4 is 0 Å². The molecule has 1 fully saturated rings. The second-order valence-corrected chi connectivity index (χ2v) is 7.72. The first-order chi connectivity index (χ1) is 11.8. The fourth-order valence-corrected chi connectivity index (χ4v) is 3.80. The Bertz CT molecular complexity index is 619. The highest BCUT2D eigenvalue weighted by atomic mass is 32.2. The average Bonchev–Trinajstić information content (AvgIpc) is 2.59. The number of hydrogen-bond donors (Lipinski definition) is 0. The van der Waals surface area contributed by atoms with Crippen molar-refractivity contribution in [2.24, 2.45) is 5.92 Å². The van der Waals surface area contributed by atoms with E-state index in [1.165, 1.54) is 11.8 Å². The molecule has 7 heteroatoms. The summed E-state index contributed by atoms with van der Waals surface area (Å²) in [5.74, 6) is -0.152. The van der Waals surface area contributed by atoms with Gasteiger partial charge in [0.15, 0.2) is 5.16 Å². The van der Waals surface area contributed by atoms with Crippen LogP contribution in [0.15, 0.2) is 5.16 Å². The van der Waals surface area contributed by atoms with Crippen LogP contribution >= 0.6 is 11.8 Å². The van der Waals surface area contributed by atoms with Gasteiger partial charge in [-0.15, -0.1) is 0 Å². The normalized spacial score (nSPS) is 16.6. The number of aromatic nitrogens is 2. The molecule has 25 heavy (non-hydrogen) atoms. The molecule has 0 bridgehead atoms. The molecule has 1 aromatic rings. The maximum absolute atomic E-state index is 12.7. The topological polar surface area (TPSA) is 72.4 Å². The molecule has 6 nitrogen and oxygen atoms in total. The number of esters is 1. The molecule has 0 N–H and O–H groups in total. The van der Waals surface area contributed by atoms with Crippen LogP contribution in [-0.2, 0) is 14.3 Å². The van der Waals surface area contributed by atoms with Gasteiger partial charge in [0.05, 0.1) is 17.8 Å². The minimum absolute atomic E-state index is 0.0757. The molecule has 1 aromatic heterocycles. The first kappa shape index (κ1) is 19.7. The standard InChI is InChI=1S/C18H27N3O3S/c1-6-24-17(23)15-7-9-21(10-8-15)16(22)14(5)25-18-19-12(3)11(2)13(4)20-18/h14-15H,6-10H2,1-5H3/t14-/m0/s1. The van der Waals surface area contributed by atoms with Crippen molar-refractivity contribution in [3.63, 3.8) is 0 Å². The summed E-state index contributed by atoms with van der Waals surface area (Å²) in [4.78, 5) is 35.3. The number of ether oxygens (including phenoxy) is 1. The molecule has 1 saturated heterocycles. The fraction of sp³-hybridized carbons (Fsp3) is 0.667. The van der Waals surface area contributed by atoms with E-state index in [1.54, 1.807) is 0 Å². The number of carbonyl (C=O) groups excluding carboxylic acids is 2. The largest absolute Gasteiger partial charge is 0.466 e. The van der Waals surface area contributed by atoms with Gasteiger partial charge in [-0.05, 0) is 53.0 Å². The van der Waals surface area contributed by atoms with Crippen LogP contribution in [0.2, 0.25) is 0 Å². The molecule has 1 amide bonds. The number of nitrogens with zero attached hydrogens (tertiary/aromatic N) is 3. The molecule has 2 heterocycles. The predicted octanol–water partition coefficient (Wildman–Crippen LogP) is 2.68. The van der Waals surface area contributed by atoms with Gasteiger partial charge >= 0.3 is 5.97 Å². The van der Waals surface area contributed by atoms with Gasteiger partial charge in [0.2, 0.25) is 5.91 Å². The van der Waals surface area contributed by atoms with Crippen LogP contribution in [0, 0.1) is 26.7 Å². The molecular formula is C18H27N3O3S. The highest BCUT2D eigenvalue weighted by molar-refractivity contribution is 8.00. The minimum atomic E-state index is -0.249. The number of thioether (sulfide) groups is 1. The number of rotatable bonds is 5. The third-order valence-electron chi connectivity index (χ3n) is 4.67. The molecule has 138 valence electrons. The molecule has 1 aliphatic heterocycles. The summed E-state index contributed by atoms with van der Waals surface area (Å²) < 4.78 is 5.07. The van der Waals surface area contributed by atoms with E-state index in [0.29, 0.717) is 37.7 Å². The van der Waals surface area contributed by atoms with E-state index in [2.05, 4.69) is 9.97 Å². The van der Waals surface area contributed by atoms with Crippen LogP contribution in [-0.4, -0.2) is 51.7 Å². The number of likely N-dealkylation sites (tertiary alicyclic amines) is 1. The maximum Gasteiger partial charge on any atom is 0.309 e. The number of aryl methyl sites for hydroxylation is 2. The van der Waals surface area contributed by atoms with Crippen molar-refractivity contribution >= 4 is 23.6 Å². The van der Waals surface area contributed by atoms with E-state index in [4.69, 9.17) is 4.74 Å². The van der Waals surface area contributed by atoms with Gasteiger partial charge in [-0.25, -0.2) is 9.97 Å². The van der Waals surface area contributed by atoms with Crippen LogP contribution in [0.5, 0.6) is 0 Å².